The number of fused-ring (bicyclic) bond motifs is 1. The van der Waals surface area contributed by atoms with Crippen molar-refractivity contribution >= 4 is 39.2 Å². The lowest BCUT2D eigenvalue weighted by atomic mass is 10.1. The molecule has 2 nitrogen and oxygen atoms in total. The fourth-order valence-electron chi connectivity index (χ4n) is 1.89. The Labute approximate surface area is 117 Å². The maximum atomic E-state index is 5.19. The largest absolute Gasteiger partial charge is 0.374 e. The molecule has 18 heavy (non-hydrogen) atoms. The van der Waals surface area contributed by atoms with Crippen molar-refractivity contribution in [3.8, 4) is 0 Å². The Hall–Kier alpha value is -1.26. The molecule has 0 aliphatic carbocycles. The monoisotopic (exact) mass is 276 g/mol. The second kappa shape index (κ2) is 6.07. The van der Waals surface area contributed by atoms with Gasteiger partial charge in [-0.1, -0.05) is 48.3 Å². The molecule has 0 aliphatic rings. The van der Waals surface area contributed by atoms with Gasteiger partial charge in [0.25, 0.3) is 0 Å². The Balaban J connectivity index is 2.16. The van der Waals surface area contributed by atoms with Gasteiger partial charge in [0, 0.05) is 29.4 Å². The molecule has 0 saturated carbocycles. The molecule has 0 fully saturated rings. The summed E-state index contributed by atoms with van der Waals surface area (Å²) >= 11 is 6.83. The first kappa shape index (κ1) is 13.2. The van der Waals surface area contributed by atoms with Gasteiger partial charge in [0.15, 0.2) is 0 Å². The van der Waals surface area contributed by atoms with Crippen molar-refractivity contribution < 1.29 is 0 Å². The van der Waals surface area contributed by atoms with Crippen LogP contribution < -0.4 is 5.32 Å². The van der Waals surface area contributed by atoms with Gasteiger partial charge in [-0.3, -0.25) is 0 Å². The lowest BCUT2D eigenvalue weighted by Gasteiger charge is -2.11. The zero-order valence-corrected chi connectivity index (χ0v) is 11.9. The number of hydrogen-bond acceptors (Lipinski definition) is 2. The highest BCUT2D eigenvalue weighted by molar-refractivity contribution is 8.23. The zero-order chi connectivity index (χ0) is 13.0. The van der Waals surface area contributed by atoms with Crippen LogP contribution in [0.25, 0.3) is 10.9 Å². The minimum atomic E-state index is 0.296. The van der Waals surface area contributed by atoms with Crippen LogP contribution in [0.2, 0.25) is 0 Å². The van der Waals surface area contributed by atoms with Crippen molar-refractivity contribution in [3.63, 3.8) is 0 Å². The second-order valence-electron chi connectivity index (χ2n) is 3.99. The summed E-state index contributed by atoms with van der Waals surface area (Å²) in [6, 6.07) is 8.34. The minimum Gasteiger partial charge on any atom is -0.374 e. The SMILES string of the molecule is C=CC(Cc1c[nH]c2ccccc12)SC(=S)NC. The molecule has 0 spiro atoms. The Bertz CT molecular complexity index is 560. The van der Waals surface area contributed by atoms with Crippen LogP contribution in [0.5, 0.6) is 0 Å². The number of benzene rings is 1. The predicted molar refractivity (Wildman–Crippen MR) is 85.2 cm³/mol. The number of H-pyrrole nitrogens is 1. The standard InChI is InChI=1S/C14H16N2S2/c1-3-11(18-14(17)15-2)8-10-9-16-13-7-5-4-6-12(10)13/h3-7,9,11,16H,1,8H2,2H3,(H,15,17). The Kier molecular flexibility index (Phi) is 4.44. The molecule has 0 saturated heterocycles. The van der Waals surface area contributed by atoms with E-state index in [0.717, 1.165) is 10.7 Å². The highest BCUT2D eigenvalue weighted by atomic mass is 32.2. The topological polar surface area (TPSA) is 27.8 Å². The lowest BCUT2D eigenvalue weighted by Crippen LogP contribution is -2.16. The summed E-state index contributed by atoms with van der Waals surface area (Å²) in [5, 5.41) is 4.56. The highest BCUT2D eigenvalue weighted by Gasteiger charge is 2.11. The van der Waals surface area contributed by atoms with E-state index in [0.29, 0.717) is 5.25 Å². The van der Waals surface area contributed by atoms with Crippen LogP contribution in [-0.2, 0) is 6.42 Å². The Morgan fingerprint density at radius 1 is 1.56 bits per heavy atom. The summed E-state index contributed by atoms with van der Waals surface area (Å²) < 4.78 is 0.805. The fourth-order valence-corrected chi connectivity index (χ4v) is 3.01. The molecule has 1 aromatic heterocycles. The van der Waals surface area contributed by atoms with Gasteiger partial charge in [0.1, 0.15) is 4.32 Å². The summed E-state index contributed by atoms with van der Waals surface area (Å²) in [5.74, 6) is 0. The van der Waals surface area contributed by atoms with Gasteiger partial charge in [-0.05, 0) is 18.1 Å². The normalized spacial score (nSPS) is 12.3. The first-order chi connectivity index (χ1) is 8.74. The average Bonchev–Trinajstić information content (AvgIpc) is 2.81. The van der Waals surface area contributed by atoms with Gasteiger partial charge in [0.2, 0.25) is 0 Å². The third-order valence-electron chi connectivity index (χ3n) is 2.82. The van der Waals surface area contributed by atoms with Crippen molar-refractivity contribution in [1.29, 1.82) is 0 Å². The molecule has 4 heteroatoms. The van der Waals surface area contributed by atoms with E-state index in [1.54, 1.807) is 11.8 Å². The number of nitrogens with one attached hydrogen (secondary N) is 2. The molecular formula is C14H16N2S2. The maximum absolute atomic E-state index is 5.19. The van der Waals surface area contributed by atoms with E-state index >= 15 is 0 Å². The third-order valence-corrected chi connectivity index (χ3v) is 4.39. The molecule has 1 atom stereocenters. The summed E-state index contributed by atoms with van der Waals surface area (Å²) in [4.78, 5) is 3.29. The van der Waals surface area contributed by atoms with E-state index in [4.69, 9.17) is 12.2 Å². The summed E-state index contributed by atoms with van der Waals surface area (Å²) in [6.45, 7) is 3.89. The number of aromatic nitrogens is 1. The van der Waals surface area contributed by atoms with Crippen molar-refractivity contribution in [2.24, 2.45) is 0 Å². The fraction of sp³-hybridized carbons (Fsp3) is 0.214. The number of thiocarbonyl (C=S) groups is 1. The third kappa shape index (κ3) is 2.94. The molecule has 94 valence electrons. The smallest absolute Gasteiger partial charge is 0.134 e. The van der Waals surface area contributed by atoms with Gasteiger partial charge >= 0.3 is 0 Å². The number of para-hydroxylation sites is 1. The van der Waals surface area contributed by atoms with E-state index in [1.807, 2.05) is 19.2 Å². The summed E-state index contributed by atoms with van der Waals surface area (Å²) in [7, 11) is 1.85. The minimum absolute atomic E-state index is 0.296. The van der Waals surface area contributed by atoms with Crippen molar-refractivity contribution in [1.82, 2.24) is 10.3 Å². The van der Waals surface area contributed by atoms with Crippen molar-refractivity contribution in [3.05, 3.63) is 48.7 Å². The number of aromatic amines is 1. The molecule has 2 N–H and O–H groups in total. The number of rotatable bonds is 4. The van der Waals surface area contributed by atoms with Crippen molar-refractivity contribution in [2.45, 2.75) is 11.7 Å². The van der Waals surface area contributed by atoms with Crippen molar-refractivity contribution in [2.75, 3.05) is 7.05 Å². The van der Waals surface area contributed by atoms with Gasteiger partial charge in [-0.2, -0.15) is 0 Å². The van der Waals surface area contributed by atoms with Gasteiger partial charge in [-0.25, -0.2) is 0 Å². The molecule has 1 heterocycles. The quantitative estimate of drug-likeness (QED) is 0.661. The maximum Gasteiger partial charge on any atom is 0.134 e. The molecule has 0 aliphatic heterocycles. The highest BCUT2D eigenvalue weighted by Crippen LogP contribution is 2.24. The molecule has 0 bridgehead atoms. The van der Waals surface area contributed by atoms with Crippen LogP contribution in [0.15, 0.2) is 43.1 Å². The first-order valence-corrected chi connectivity index (χ1v) is 7.09. The van der Waals surface area contributed by atoms with E-state index < -0.39 is 0 Å². The van der Waals surface area contributed by atoms with Crippen LogP contribution in [0.1, 0.15) is 5.56 Å². The summed E-state index contributed by atoms with van der Waals surface area (Å²) in [6.07, 6.45) is 4.96. The van der Waals surface area contributed by atoms with E-state index in [9.17, 15) is 0 Å². The average molecular weight is 276 g/mol. The van der Waals surface area contributed by atoms with Crippen LogP contribution in [0.3, 0.4) is 0 Å². The zero-order valence-electron chi connectivity index (χ0n) is 10.3. The Morgan fingerprint density at radius 2 is 2.33 bits per heavy atom. The van der Waals surface area contributed by atoms with Crippen LogP contribution in [0, 0.1) is 0 Å². The molecule has 0 radical (unpaired) electrons. The van der Waals surface area contributed by atoms with Gasteiger partial charge in [-0.15, -0.1) is 6.58 Å². The second-order valence-corrected chi connectivity index (χ2v) is 5.91. The molecule has 2 aromatic rings. The van der Waals surface area contributed by atoms with E-state index in [-0.39, 0.29) is 0 Å². The molecular weight excluding hydrogens is 260 g/mol. The van der Waals surface area contributed by atoms with E-state index in [2.05, 4.69) is 41.3 Å². The van der Waals surface area contributed by atoms with Crippen LogP contribution in [0.4, 0.5) is 0 Å². The van der Waals surface area contributed by atoms with Gasteiger partial charge in [0.05, 0.1) is 0 Å². The molecule has 2 rings (SSSR count). The van der Waals surface area contributed by atoms with Crippen LogP contribution >= 0.6 is 24.0 Å². The van der Waals surface area contributed by atoms with Crippen LogP contribution in [-0.4, -0.2) is 21.6 Å². The predicted octanol–water partition coefficient (Wildman–Crippen LogP) is 3.50. The number of thioether (sulfide) groups is 1. The van der Waals surface area contributed by atoms with Gasteiger partial charge < -0.3 is 10.3 Å². The number of hydrogen-bond donors (Lipinski definition) is 2. The first-order valence-electron chi connectivity index (χ1n) is 5.80. The lowest BCUT2D eigenvalue weighted by molar-refractivity contribution is 1.04. The summed E-state index contributed by atoms with van der Waals surface area (Å²) in [5.41, 5.74) is 2.48. The molecule has 0 amide bonds. The van der Waals surface area contributed by atoms with E-state index in [1.165, 1.54) is 16.5 Å². The molecule has 1 unspecified atom stereocenters. The molecule has 1 aromatic carbocycles. The Morgan fingerprint density at radius 3 is 3.06 bits per heavy atom.